The molecule has 0 unspecified atom stereocenters. The Bertz CT molecular complexity index is 420. The fourth-order valence-corrected chi connectivity index (χ4v) is 2.28. The normalized spacial score (nSPS) is 15.3. The van der Waals surface area contributed by atoms with Crippen molar-refractivity contribution in [3.05, 3.63) is 29.8 Å². The maximum atomic E-state index is 12.5. The van der Waals surface area contributed by atoms with Crippen molar-refractivity contribution in [3.63, 3.8) is 0 Å². The van der Waals surface area contributed by atoms with E-state index < -0.39 is 5.60 Å². The van der Waals surface area contributed by atoms with E-state index in [1.807, 2.05) is 38.1 Å². The highest BCUT2D eigenvalue weighted by molar-refractivity contribution is 6.02. The summed E-state index contributed by atoms with van der Waals surface area (Å²) in [5.41, 5.74) is -0.00696. The van der Waals surface area contributed by atoms with Crippen LogP contribution in [0.1, 0.15) is 49.9 Å². The molecule has 0 atom stereocenters. The van der Waals surface area contributed by atoms with Crippen molar-refractivity contribution in [2.45, 2.75) is 51.2 Å². The minimum Gasteiger partial charge on any atom is -0.490 e. The van der Waals surface area contributed by atoms with Crippen molar-refractivity contribution in [2.24, 2.45) is 0 Å². The fraction of sp³-hybridized carbons (Fsp3) is 0.562. The summed E-state index contributed by atoms with van der Waals surface area (Å²) in [4.78, 5) is 12.5. The zero-order chi connectivity index (χ0) is 13.9. The molecule has 0 bridgehead atoms. The molecule has 104 valence electrons. The molecule has 0 saturated heterocycles. The lowest BCUT2D eigenvalue weighted by Gasteiger charge is -2.28. The number of carbonyl (C=O) groups is 1. The summed E-state index contributed by atoms with van der Waals surface area (Å²) in [7, 11) is 1.61. The lowest BCUT2D eigenvalue weighted by Crippen LogP contribution is -2.39. The summed E-state index contributed by atoms with van der Waals surface area (Å²) in [6.45, 7) is 3.96. The quantitative estimate of drug-likeness (QED) is 0.704. The van der Waals surface area contributed by atoms with Crippen molar-refractivity contribution in [1.29, 1.82) is 0 Å². The Morgan fingerprint density at radius 1 is 1.21 bits per heavy atom. The second-order valence-electron chi connectivity index (χ2n) is 5.08. The largest absolute Gasteiger partial charge is 0.490 e. The molecule has 0 spiro atoms. The number of benzene rings is 1. The van der Waals surface area contributed by atoms with Crippen LogP contribution in [0.15, 0.2) is 24.3 Å². The predicted octanol–water partition coefficient (Wildman–Crippen LogP) is 3.62. The van der Waals surface area contributed by atoms with Gasteiger partial charge in [-0.25, -0.2) is 0 Å². The van der Waals surface area contributed by atoms with E-state index in [4.69, 9.17) is 9.47 Å². The highest BCUT2D eigenvalue weighted by Crippen LogP contribution is 2.29. The number of ketones is 1. The van der Waals surface area contributed by atoms with Gasteiger partial charge in [-0.2, -0.15) is 0 Å². The summed E-state index contributed by atoms with van der Waals surface area (Å²) < 4.78 is 11.2. The maximum absolute atomic E-state index is 12.5. The molecule has 0 N–H and O–H groups in total. The van der Waals surface area contributed by atoms with Crippen molar-refractivity contribution < 1.29 is 14.3 Å². The summed E-state index contributed by atoms with van der Waals surface area (Å²) in [6.07, 6.45) is 4.02. The van der Waals surface area contributed by atoms with Crippen LogP contribution in [-0.4, -0.2) is 24.6 Å². The molecule has 1 aliphatic carbocycles. The van der Waals surface area contributed by atoms with Gasteiger partial charge in [0.25, 0.3) is 0 Å². The van der Waals surface area contributed by atoms with Crippen LogP contribution in [0.2, 0.25) is 0 Å². The van der Waals surface area contributed by atoms with Gasteiger partial charge in [0.2, 0.25) is 0 Å². The fourth-order valence-electron chi connectivity index (χ4n) is 2.28. The average Bonchev–Trinajstić information content (AvgIpc) is 3.26. The molecule has 0 heterocycles. The molecule has 1 aromatic carbocycles. The minimum atomic E-state index is -0.696. The number of methoxy groups -OCH3 is 1. The number of hydrogen-bond acceptors (Lipinski definition) is 3. The second kappa shape index (κ2) is 5.74. The highest BCUT2D eigenvalue weighted by Gasteiger charge is 2.35. The first-order valence-electron chi connectivity index (χ1n) is 7.02. The van der Waals surface area contributed by atoms with Gasteiger partial charge in [0.1, 0.15) is 11.4 Å². The van der Waals surface area contributed by atoms with Crippen molar-refractivity contribution >= 4 is 5.78 Å². The molecule has 1 aromatic rings. The molecule has 0 aromatic heterocycles. The van der Waals surface area contributed by atoms with E-state index in [1.54, 1.807) is 7.11 Å². The van der Waals surface area contributed by atoms with Crippen LogP contribution in [-0.2, 0) is 4.74 Å². The third-order valence-corrected chi connectivity index (χ3v) is 3.89. The Labute approximate surface area is 114 Å². The molecule has 3 heteroatoms. The van der Waals surface area contributed by atoms with E-state index in [0.717, 1.165) is 18.6 Å². The molecule has 0 aliphatic heterocycles. The van der Waals surface area contributed by atoms with E-state index in [9.17, 15) is 4.79 Å². The molecule has 0 radical (unpaired) electrons. The number of ether oxygens (including phenoxy) is 2. The molecular weight excluding hydrogens is 240 g/mol. The molecule has 3 nitrogen and oxygen atoms in total. The van der Waals surface area contributed by atoms with Gasteiger partial charge >= 0.3 is 0 Å². The first-order valence-corrected chi connectivity index (χ1v) is 7.02. The van der Waals surface area contributed by atoms with Gasteiger partial charge in [-0.1, -0.05) is 13.8 Å². The van der Waals surface area contributed by atoms with Gasteiger partial charge in [-0.15, -0.1) is 0 Å². The lowest BCUT2D eigenvalue weighted by atomic mass is 9.87. The Kier molecular flexibility index (Phi) is 4.25. The zero-order valence-electron chi connectivity index (χ0n) is 11.9. The van der Waals surface area contributed by atoms with Gasteiger partial charge in [0.05, 0.1) is 6.10 Å². The first-order chi connectivity index (χ1) is 9.15. The highest BCUT2D eigenvalue weighted by atomic mass is 16.5. The minimum absolute atomic E-state index is 0.0537. The Morgan fingerprint density at radius 3 is 2.21 bits per heavy atom. The van der Waals surface area contributed by atoms with Crippen molar-refractivity contribution in [3.8, 4) is 5.75 Å². The monoisotopic (exact) mass is 262 g/mol. The predicted molar refractivity (Wildman–Crippen MR) is 74.7 cm³/mol. The molecule has 1 aliphatic rings. The first kappa shape index (κ1) is 14.1. The number of hydrogen-bond donors (Lipinski definition) is 0. The number of rotatable bonds is 7. The smallest absolute Gasteiger partial charge is 0.194 e. The van der Waals surface area contributed by atoms with E-state index in [1.165, 1.54) is 0 Å². The molecule has 19 heavy (non-hydrogen) atoms. The molecule has 1 fully saturated rings. The van der Waals surface area contributed by atoms with Crippen LogP contribution in [0.3, 0.4) is 0 Å². The zero-order valence-corrected chi connectivity index (χ0v) is 11.9. The summed E-state index contributed by atoms with van der Waals surface area (Å²) in [5.74, 6) is 0.896. The lowest BCUT2D eigenvalue weighted by molar-refractivity contribution is -0.00261. The van der Waals surface area contributed by atoms with Crippen LogP contribution in [0, 0.1) is 0 Å². The topological polar surface area (TPSA) is 35.5 Å². The summed E-state index contributed by atoms with van der Waals surface area (Å²) in [5, 5.41) is 0. The molecule has 1 saturated carbocycles. The van der Waals surface area contributed by atoms with Crippen LogP contribution in [0.5, 0.6) is 5.75 Å². The van der Waals surface area contributed by atoms with Crippen LogP contribution in [0.25, 0.3) is 0 Å². The van der Waals surface area contributed by atoms with E-state index in [0.29, 0.717) is 24.5 Å². The van der Waals surface area contributed by atoms with Gasteiger partial charge in [-0.3, -0.25) is 4.79 Å². The molecular formula is C16H22O3. The number of Topliss-reactive ketones (excluding diaryl/α,β-unsaturated/α-hetero) is 1. The van der Waals surface area contributed by atoms with Crippen LogP contribution >= 0.6 is 0 Å². The summed E-state index contributed by atoms with van der Waals surface area (Å²) in [6, 6.07) is 7.41. The van der Waals surface area contributed by atoms with Gasteiger partial charge in [0.15, 0.2) is 5.78 Å². The van der Waals surface area contributed by atoms with Crippen LogP contribution < -0.4 is 4.74 Å². The number of carbonyl (C=O) groups excluding carboxylic acids is 1. The van der Waals surface area contributed by atoms with Gasteiger partial charge < -0.3 is 9.47 Å². The van der Waals surface area contributed by atoms with E-state index in [-0.39, 0.29) is 5.78 Å². The average molecular weight is 262 g/mol. The van der Waals surface area contributed by atoms with Crippen molar-refractivity contribution in [1.82, 2.24) is 0 Å². The molecule has 2 rings (SSSR count). The Morgan fingerprint density at radius 2 is 1.79 bits per heavy atom. The molecule has 0 amide bonds. The van der Waals surface area contributed by atoms with Gasteiger partial charge in [0, 0.05) is 12.7 Å². The summed E-state index contributed by atoms with van der Waals surface area (Å²) >= 11 is 0. The standard InChI is InChI=1S/C16H22O3/c1-4-16(5-2,18-3)15(17)12-6-8-13(9-7-12)19-14-10-11-14/h6-9,14H,4-5,10-11H2,1-3H3. The Hall–Kier alpha value is -1.35. The second-order valence-corrected chi connectivity index (χ2v) is 5.08. The van der Waals surface area contributed by atoms with Crippen molar-refractivity contribution in [2.75, 3.05) is 7.11 Å². The van der Waals surface area contributed by atoms with Gasteiger partial charge in [-0.05, 0) is 49.9 Å². The van der Waals surface area contributed by atoms with Crippen LogP contribution in [0.4, 0.5) is 0 Å². The third-order valence-electron chi connectivity index (χ3n) is 3.89. The van der Waals surface area contributed by atoms with E-state index >= 15 is 0 Å². The third kappa shape index (κ3) is 2.98. The SMILES string of the molecule is CCC(CC)(OC)C(=O)c1ccc(OC2CC2)cc1. The Balaban J connectivity index is 2.13. The maximum Gasteiger partial charge on any atom is 0.194 e. The van der Waals surface area contributed by atoms with E-state index in [2.05, 4.69) is 0 Å².